The minimum absolute atomic E-state index is 0.356. The lowest BCUT2D eigenvalue weighted by Crippen LogP contribution is -2.33. The van der Waals surface area contributed by atoms with Crippen molar-refractivity contribution in [2.45, 2.75) is 18.9 Å². The molecule has 0 fully saturated rings. The Morgan fingerprint density at radius 1 is 1.91 bits per heavy atom. The lowest BCUT2D eigenvalue weighted by molar-refractivity contribution is -0.142. The summed E-state index contributed by atoms with van der Waals surface area (Å²) in [6, 6.07) is 0. The molecule has 0 aliphatic heterocycles. The van der Waals surface area contributed by atoms with Crippen molar-refractivity contribution in [2.75, 3.05) is 5.75 Å². The summed E-state index contributed by atoms with van der Waals surface area (Å²) in [5, 5.41) is 10.7. The van der Waals surface area contributed by atoms with Crippen molar-refractivity contribution in [1.82, 2.24) is 0 Å². The Hall–Kier alpha value is -0.380. The quantitative estimate of drug-likeness (QED) is 0.399. The number of aliphatic imine (C=N–C) groups is 1. The average Bonchev–Trinajstić information content (AvgIpc) is 1.88. The Morgan fingerprint density at radius 3 is 2.73 bits per heavy atom. The maximum absolute atomic E-state index is 10.6. The van der Waals surface area contributed by atoms with Crippen LogP contribution in [0.3, 0.4) is 0 Å². The third kappa shape index (κ3) is 3.01. The molecule has 1 unspecified atom stereocenters. The van der Waals surface area contributed by atoms with Crippen molar-refractivity contribution in [1.29, 1.82) is 0 Å². The van der Waals surface area contributed by atoms with Gasteiger partial charge < -0.3 is 5.11 Å². The zero-order chi connectivity index (χ0) is 8.91. The number of isothiocyanates is 1. The van der Waals surface area contributed by atoms with Gasteiger partial charge in [-0.1, -0.05) is 0 Å². The van der Waals surface area contributed by atoms with Gasteiger partial charge in [-0.15, -0.1) is 0 Å². The molecule has 0 rings (SSSR count). The molecule has 0 amide bonds. The van der Waals surface area contributed by atoms with Crippen molar-refractivity contribution in [2.24, 2.45) is 4.99 Å². The molecule has 0 aromatic rings. The molecule has 1 atom stereocenters. The fourth-order valence-electron chi connectivity index (χ4n) is 0.529. The summed E-state index contributed by atoms with van der Waals surface area (Å²) in [7, 11) is 0. The molecule has 0 aromatic heterocycles. The van der Waals surface area contributed by atoms with Crippen molar-refractivity contribution >= 4 is 36.0 Å². The van der Waals surface area contributed by atoms with Gasteiger partial charge in [-0.2, -0.15) is 12.6 Å². The standard InChI is InChI=1S/C6H9NO2S2/c1-6(2-3-10,5(8)9)7-4-11/h10H,2-3H2,1H3,(H,8,9). The van der Waals surface area contributed by atoms with E-state index in [2.05, 4.69) is 35.0 Å². The second-order valence-electron chi connectivity index (χ2n) is 2.26. The van der Waals surface area contributed by atoms with Crippen molar-refractivity contribution in [3.8, 4) is 0 Å². The van der Waals surface area contributed by atoms with Gasteiger partial charge in [0.2, 0.25) is 0 Å². The third-order valence-corrected chi connectivity index (χ3v) is 1.67. The molecule has 62 valence electrons. The van der Waals surface area contributed by atoms with Crippen LogP contribution in [0, 0.1) is 0 Å². The molecule has 0 spiro atoms. The number of hydrogen-bond acceptors (Lipinski definition) is 4. The van der Waals surface area contributed by atoms with Crippen LogP contribution < -0.4 is 0 Å². The fourth-order valence-corrected chi connectivity index (χ4v) is 1.17. The minimum atomic E-state index is -1.15. The van der Waals surface area contributed by atoms with Gasteiger partial charge >= 0.3 is 5.97 Å². The van der Waals surface area contributed by atoms with Crippen LogP contribution in [0.2, 0.25) is 0 Å². The van der Waals surface area contributed by atoms with Crippen LogP contribution in [0.15, 0.2) is 4.99 Å². The van der Waals surface area contributed by atoms with E-state index in [-0.39, 0.29) is 0 Å². The Bertz CT molecular complexity index is 197. The molecule has 0 aliphatic rings. The van der Waals surface area contributed by atoms with Crippen molar-refractivity contribution in [3.05, 3.63) is 0 Å². The molecular weight excluding hydrogens is 182 g/mol. The number of thiol groups is 1. The highest BCUT2D eigenvalue weighted by atomic mass is 32.1. The van der Waals surface area contributed by atoms with Crippen LogP contribution in [-0.2, 0) is 4.79 Å². The van der Waals surface area contributed by atoms with Crippen LogP contribution in [-0.4, -0.2) is 27.5 Å². The first-order valence-corrected chi connectivity index (χ1v) is 4.04. The molecule has 11 heavy (non-hydrogen) atoms. The molecular formula is C6H9NO2S2. The lowest BCUT2D eigenvalue weighted by atomic mass is 10.0. The molecule has 0 saturated carbocycles. The SMILES string of the molecule is CC(CCS)(N=C=S)C(=O)O. The van der Waals surface area contributed by atoms with E-state index >= 15 is 0 Å². The van der Waals surface area contributed by atoms with Gasteiger partial charge in [0.1, 0.15) is 0 Å². The van der Waals surface area contributed by atoms with Crippen molar-refractivity contribution in [3.63, 3.8) is 0 Å². The maximum Gasteiger partial charge on any atom is 0.332 e. The summed E-state index contributed by atoms with van der Waals surface area (Å²) in [5.74, 6) is -0.535. The summed E-state index contributed by atoms with van der Waals surface area (Å²) >= 11 is 8.24. The Kier molecular flexibility index (Phi) is 4.33. The van der Waals surface area contributed by atoms with Crippen molar-refractivity contribution < 1.29 is 9.90 Å². The number of carbonyl (C=O) groups is 1. The number of rotatable bonds is 4. The zero-order valence-electron chi connectivity index (χ0n) is 6.07. The number of hydrogen-bond donors (Lipinski definition) is 2. The zero-order valence-corrected chi connectivity index (χ0v) is 7.78. The number of thiocarbonyl (C=S) groups is 1. The van der Waals surface area contributed by atoms with Gasteiger partial charge in [0.25, 0.3) is 0 Å². The smallest absolute Gasteiger partial charge is 0.332 e. The number of carboxylic acid groups (broad SMARTS) is 1. The summed E-state index contributed by atoms with van der Waals surface area (Å²) in [6.07, 6.45) is 0.356. The molecule has 0 heterocycles. The molecule has 0 aliphatic carbocycles. The first-order chi connectivity index (χ1) is 5.06. The first-order valence-electron chi connectivity index (χ1n) is 3.00. The number of carboxylic acids is 1. The van der Waals surface area contributed by atoms with E-state index in [4.69, 9.17) is 5.11 Å². The van der Waals surface area contributed by atoms with E-state index in [0.717, 1.165) is 0 Å². The maximum atomic E-state index is 10.6. The second kappa shape index (κ2) is 4.49. The summed E-state index contributed by atoms with van der Waals surface area (Å²) in [4.78, 5) is 14.1. The molecule has 0 saturated heterocycles. The first kappa shape index (κ1) is 10.6. The highest BCUT2D eigenvalue weighted by molar-refractivity contribution is 7.80. The van der Waals surface area contributed by atoms with E-state index in [1.165, 1.54) is 6.92 Å². The molecule has 3 nitrogen and oxygen atoms in total. The van der Waals surface area contributed by atoms with E-state index in [1.807, 2.05) is 0 Å². The molecule has 0 radical (unpaired) electrons. The van der Waals surface area contributed by atoms with Gasteiger partial charge in [-0.05, 0) is 31.3 Å². The van der Waals surface area contributed by atoms with E-state index in [9.17, 15) is 4.79 Å². The fraction of sp³-hybridized carbons (Fsp3) is 0.667. The van der Waals surface area contributed by atoms with E-state index in [1.54, 1.807) is 0 Å². The second-order valence-corrected chi connectivity index (χ2v) is 2.89. The Morgan fingerprint density at radius 2 is 2.45 bits per heavy atom. The molecule has 0 aromatic carbocycles. The molecule has 5 heteroatoms. The van der Waals surface area contributed by atoms with Crippen LogP contribution in [0.4, 0.5) is 0 Å². The van der Waals surface area contributed by atoms with Gasteiger partial charge in [-0.3, -0.25) is 0 Å². The minimum Gasteiger partial charge on any atom is -0.479 e. The van der Waals surface area contributed by atoms with Crippen LogP contribution in [0.1, 0.15) is 13.3 Å². The molecule has 1 N–H and O–H groups in total. The van der Waals surface area contributed by atoms with Gasteiger partial charge in [0.15, 0.2) is 5.54 Å². The average molecular weight is 191 g/mol. The predicted octanol–water partition coefficient (Wildman–Crippen LogP) is 1.25. The van der Waals surface area contributed by atoms with E-state index < -0.39 is 11.5 Å². The lowest BCUT2D eigenvalue weighted by Gasteiger charge is -2.16. The summed E-state index contributed by atoms with van der Waals surface area (Å²) in [6.45, 7) is 1.49. The monoisotopic (exact) mass is 191 g/mol. The van der Waals surface area contributed by atoms with Crippen LogP contribution >= 0.6 is 24.8 Å². The topological polar surface area (TPSA) is 49.7 Å². The normalized spacial score (nSPS) is 14.7. The molecule has 0 bridgehead atoms. The largest absolute Gasteiger partial charge is 0.479 e. The Balaban J connectivity index is 4.51. The summed E-state index contributed by atoms with van der Waals surface area (Å²) < 4.78 is 0. The van der Waals surface area contributed by atoms with Gasteiger partial charge in [-0.25, -0.2) is 9.79 Å². The summed E-state index contributed by atoms with van der Waals surface area (Å²) in [5.41, 5.74) is -1.15. The van der Waals surface area contributed by atoms with Crippen LogP contribution in [0.25, 0.3) is 0 Å². The number of nitrogens with zero attached hydrogens (tertiary/aromatic N) is 1. The predicted molar refractivity (Wildman–Crippen MR) is 49.5 cm³/mol. The Labute approximate surface area is 75.9 Å². The van der Waals surface area contributed by atoms with Crippen LogP contribution in [0.5, 0.6) is 0 Å². The highest BCUT2D eigenvalue weighted by Crippen LogP contribution is 2.15. The third-order valence-electron chi connectivity index (χ3n) is 1.35. The number of aliphatic carboxylic acids is 1. The van der Waals surface area contributed by atoms with Gasteiger partial charge in [0, 0.05) is 0 Å². The van der Waals surface area contributed by atoms with Gasteiger partial charge in [0.05, 0.1) is 5.16 Å². The van der Waals surface area contributed by atoms with E-state index in [0.29, 0.717) is 12.2 Å². The highest BCUT2D eigenvalue weighted by Gasteiger charge is 2.31.